The van der Waals surface area contributed by atoms with Crippen LogP contribution in [0.1, 0.15) is 59.8 Å². The second-order valence-corrected chi connectivity index (χ2v) is 6.36. The summed E-state index contributed by atoms with van der Waals surface area (Å²) in [5.41, 5.74) is 0.434. The summed E-state index contributed by atoms with van der Waals surface area (Å²) >= 11 is 0. The van der Waals surface area contributed by atoms with Gasteiger partial charge in [-0.3, -0.25) is 0 Å². The molecule has 0 saturated heterocycles. The third-order valence-corrected chi connectivity index (χ3v) is 4.89. The van der Waals surface area contributed by atoms with Crippen LogP contribution in [-0.2, 0) is 0 Å². The minimum Gasteiger partial charge on any atom is -0.396 e. The van der Waals surface area contributed by atoms with Gasteiger partial charge in [-0.1, -0.05) is 34.1 Å². The maximum absolute atomic E-state index is 9.58. The average Bonchev–Trinajstić information content (AvgIpc) is 2.35. The third-order valence-electron chi connectivity index (χ3n) is 4.89. The van der Waals surface area contributed by atoms with E-state index in [4.69, 9.17) is 0 Å². The van der Waals surface area contributed by atoms with Gasteiger partial charge in [-0.2, -0.15) is 0 Å². The number of nitrogens with one attached hydrogen (secondary N) is 1. The molecule has 1 fully saturated rings. The van der Waals surface area contributed by atoms with Gasteiger partial charge in [0.05, 0.1) is 0 Å². The van der Waals surface area contributed by atoms with E-state index in [-0.39, 0.29) is 0 Å². The maximum Gasteiger partial charge on any atom is 0.0474 e. The van der Waals surface area contributed by atoms with Crippen molar-refractivity contribution >= 4 is 0 Å². The first-order valence-electron chi connectivity index (χ1n) is 7.39. The van der Waals surface area contributed by atoms with Crippen molar-refractivity contribution in [2.45, 2.75) is 65.8 Å². The predicted octanol–water partition coefficient (Wildman–Crippen LogP) is 3.20. The molecule has 0 aromatic rings. The minimum atomic E-state index is 0.345. The average molecular weight is 241 g/mol. The van der Waals surface area contributed by atoms with Crippen LogP contribution in [0.2, 0.25) is 0 Å². The van der Waals surface area contributed by atoms with E-state index in [1.807, 2.05) is 0 Å². The molecule has 1 aliphatic carbocycles. The van der Waals surface area contributed by atoms with E-state index in [0.29, 0.717) is 24.0 Å². The van der Waals surface area contributed by atoms with Gasteiger partial charge in [0.25, 0.3) is 0 Å². The molecule has 0 aromatic carbocycles. The van der Waals surface area contributed by atoms with Crippen molar-refractivity contribution in [3.8, 4) is 0 Å². The quantitative estimate of drug-likeness (QED) is 0.748. The highest BCUT2D eigenvalue weighted by molar-refractivity contribution is 4.89. The van der Waals surface area contributed by atoms with Crippen LogP contribution in [0.4, 0.5) is 0 Å². The van der Waals surface area contributed by atoms with E-state index in [0.717, 1.165) is 12.5 Å². The first-order chi connectivity index (χ1) is 8.05. The summed E-state index contributed by atoms with van der Waals surface area (Å²) in [7, 11) is 0. The molecule has 1 aliphatic rings. The molecule has 0 radical (unpaired) electrons. The summed E-state index contributed by atoms with van der Waals surface area (Å²) in [6.45, 7) is 10.7. The monoisotopic (exact) mass is 241 g/mol. The van der Waals surface area contributed by atoms with Crippen LogP contribution in [0.15, 0.2) is 0 Å². The Morgan fingerprint density at radius 1 is 1.24 bits per heavy atom. The third kappa shape index (κ3) is 3.96. The van der Waals surface area contributed by atoms with Crippen molar-refractivity contribution in [1.82, 2.24) is 5.32 Å². The van der Waals surface area contributed by atoms with Crippen molar-refractivity contribution in [3.63, 3.8) is 0 Å². The van der Waals surface area contributed by atoms with Gasteiger partial charge in [-0.15, -0.1) is 0 Å². The lowest BCUT2D eigenvalue weighted by Gasteiger charge is -2.43. The Morgan fingerprint density at radius 3 is 2.47 bits per heavy atom. The highest BCUT2D eigenvalue weighted by atomic mass is 16.3. The number of aliphatic hydroxyl groups is 1. The molecule has 0 aromatic heterocycles. The van der Waals surface area contributed by atoms with Crippen LogP contribution in [0.25, 0.3) is 0 Å². The molecule has 102 valence electrons. The van der Waals surface area contributed by atoms with Crippen molar-refractivity contribution in [3.05, 3.63) is 0 Å². The molecule has 3 unspecified atom stereocenters. The molecule has 0 heterocycles. The Hall–Kier alpha value is -0.0800. The van der Waals surface area contributed by atoms with E-state index in [9.17, 15) is 5.11 Å². The maximum atomic E-state index is 9.58. The highest BCUT2D eigenvalue weighted by Gasteiger charge is 2.36. The number of aliphatic hydroxyl groups excluding tert-OH is 1. The van der Waals surface area contributed by atoms with Gasteiger partial charge in [-0.25, -0.2) is 0 Å². The van der Waals surface area contributed by atoms with Gasteiger partial charge < -0.3 is 10.4 Å². The standard InChI is InChI=1S/C15H31NO/c1-5-9-16-14-8-7-13(10-12(14)11-17)15(3,4)6-2/h12-14,16-17H,5-11H2,1-4H3. The molecule has 17 heavy (non-hydrogen) atoms. The topological polar surface area (TPSA) is 32.3 Å². The molecule has 1 saturated carbocycles. The van der Waals surface area contributed by atoms with E-state index in [2.05, 4.69) is 33.0 Å². The predicted molar refractivity (Wildman–Crippen MR) is 74.1 cm³/mol. The fourth-order valence-corrected chi connectivity index (χ4v) is 3.06. The van der Waals surface area contributed by atoms with Crippen LogP contribution < -0.4 is 5.32 Å². The van der Waals surface area contributed by atoms with E-state index < -0.39 is 0 Å². The molecule has 0 bridgehead atoms. The lowest BCUT2D eigenvalue weighted by molar-refractivity contribution is 0.0660. The molecule has 0 aliphatic heterocycles. The Labute approximate surface area is 107 Å². The fraction of sp³-hybridized carbons (Fsp3) is 1.00. The molecule has 2 nitrogen and oxygen atoms in total. The van der Waals surface area contributed by atoms with E-state index in [1.54, 1.807) is 0 Å². The first-order valence-corrected chi connectivity index (χ1v) is 7.39. The van der Waals surface area contributed by atoms with Crippen molar-refractivity contribution in [2.24, 2.45) is 17.3 Å². The van der Waals surface area contributed by atoms with Gasteiger partial charge in [0, 0.05) is 12.6 Å². The van der Waals surface area contributed by atoms with Crippen molar-refractivity contribution < 1.29 is 5.11 Å². The van der Waals surface area contributed by atoms with Crippen LogP contribution in [-0.4, -0.2) is 24.3 Å². The van der Waals surface area contributed by atoms with Gasteiger partial charge in [-0.05, 0) is 49.5 Å². The molecule has 2 heteroatoms. The summed E-state index contributed by atoms with van der Waals surface area (Å²) in [4.78, 5) is 0. The van der Waals surface area contributed by atoms with Crippen LogP contribution in [0, 0.1) is 17.3 Å². The minimum absolute atomic E-state index is 0.345. The fourth-order valence-electron chi connectivity index (χ4n) is 3.06. The molecular formula is C15H31NO. The smallest absolute Gasteiger partial charge is 0.0474 e. The summed E-state index contributed by atoms with van der Waals surface area (Å²) in [5, 5.41) is 13.2. The number of hydrogen-bond acceptors (Lipinski definition) is 2. The number of hydrogen-bond donors (Lipinski definition) is 2. The molecule has 1 rings (SSSR count). The van der Waals surface area contributed by atoms with Crippen LogP contribution in [0.3, 0.4) is 0 Å². The molecule has 3 atom stereocenters. The largest absolute Gasteiger partial charge is 0.396 e. The van der Waals surface area contributed by atoms with Gasteiger partial charge in [0.2, 0.25) is 0 Å². The van der Waals surface area contributed by atoms with Crippen LogP contribution in [0.5, 0.6) is 0 Å². The Bertz CT molecular complexity index is 215. The molecular weight excluding hydrogens is 210 g/mol. The lowest BCUT2D eigenvalue weighted by Crippen LogP contribution is -2.45. The van der Waals surface area contributed by atoms with E-state index in [1.165, 1.54) is 32.1 Å². The SMILES string of the molecule is CCCNC1CCC(C(C)(C)CC)CC1CO. The van der Waals surface area contributed by atoms with Gasteiger partial charge >= 0.3 is 0 Å². The summed E-state index contributed by atoms with van der Waals surface area (Å²) in [6, 6.07) is 0.545. The second kappa shape index (κ2) is 6.75. The zero-order valence-electron chi connectivity index (χ0n) is 12.1. The van der Waals surface area contributed by atoms with E-state index >= 15 is 0 Å². The normalized spacial score (nSPS) is 30.5. The molecule has 0 spiro atoms. The Balaban J connectivity index is 2.54. The second-order valence-electron chi connectivity index (χ2n) is 6.36. The zero-order chi connectivity index (χ0) is 12.9. The molecule has 0 amide bonds. The Kier molecular flexibility index (Phi) is 5.94. The van der Waals surface area contributed by atoms with Crippen molar-refractivity contribution in [1.29, 1.82) is 0 Å². The first kappa shape index (κ1) is 15.0. The van der Waals surface area contributed by atoms with Crippen LogP contribution >= 0.6 is 0 Å². The highest BCUT2D eigenvalue weighted by Crippen LogP contribution is 2.42. The molecule has 2 N–H and O–H groups in total. The van der Waals surface area contributed by atoms with Gasteiger partial charge in [0.1, 0.15) is 0 Å². The Morgan fingerprint density at radius 2 is 1.94 bits per heavy atom. The number of rotatable bonds is 6. The summed E-state index contributed by atoms with van der Waals surface area (Å²) < 4.78 is 0. The lowest BCUT2D eigenvalue weighted by atomic mass is 9.66. The van der Waals surface area contributed by atoms with Gasteiger partial charge in [0.15, 0.2) is 0 Å². The summed E-state index contributed by atoms with van der Waals surface area (Å²) in [6.07, 6.45) is 6.16. The zero-order valence-corrected chi connectivity index (χ0v) is 12.1. The van der Waals surface area contributed by atoms with Crippen molar-refractivity contribution in [2.75, 3.05) is 13.2 Å². The summed E-state index contributed by atoms with van der Waals surface area (Å²) in [5.74, 6) is 1.25.